The van der Waals surface area contributed by atoms with Crippen LogP contribution in [0.25, 0.3) is 0 Å². The van der Waals surface area contributed by atoms with Crippen molar-refractivity contribution in [2.75, 3.05) is 19.6 Å². The van der Waals surface area contributed by atoms with E-state index in [2.05, 4.69) is 5.32 Å². The lowest BCUT2D eigenvalue weighted by atomic mass is 9.93. The van der Waals surface area contributed by atoms with Gasteiger partial charge in [0.2, 0.25) is 0 Å². The molecule has 1 amide bonds. The van der Waals surface area contributed by atoms with Crippen molar-refractivity contribution in [1.82, 2.24) is 10.2 Å². The Morgan fingerprint density at radius 2 is 2.20 bits per heavy atom. The highest BCUT2D eigenvalue weighted by Crippen LogP contribution is 2.27. The fraction of sp³-hybridized carbons (Fsp3) is 0.500. The van der Waals surface area contributed by atoms with E-state index in [0.29, 0.717) is 25.0 Å². The first-order chi connectivity index (χ1) is 9.16. The molecule has 2 aliphatic rings. The standard InChI is InChI=1S/C14H16ClFN2O.ClH/c15-11-3-1-2-10(13(11)16)14(19)18-7-5-12-9(8-18)4-6-17-12;/h1-3,9,12,17H,4-8H2;1H. The molecule has 2 fully saturated rings. The van der Waals surface area contributed by atoms with E-state index in [1.54, 1.807) is 11.0 Å². The topological polar surface area (TPSA) is 32.3 Å². The number of hydrogen-bond acceptors (Lipinski definition) is 2. The summed E-state index contributed by atoms with van der Waals surface area (Å²) in [6.45, 7) is 2.41. The Bertz CT molecular complexity index is 512. The summed E-state index contributed by atoms with van der Waals surface area (Å²) in [5.41, 5.74) is 0.0805. The third-order valence-corrected chi connectivity index (χ3v) is 4.42. The molecule has 20 heavy (non-hydrogen) atoms. The molecular weight excluding hydrogens is 302 g/mol. The van der Waals surface area contributed by atoms with Crippen molar-refractivity contribution >= 4 is 29.9 Å². The molecule has 2 heterocycles. The maximum Gasteiger partial charge on any atom is 0.256 e. The Morgan fingerprint density at radius 3 is 3.00 bits per heavy atom. The zero-order chi connectivity index (χ0) is 13.4. The van der Waals surface area contributed by atoms with Crippen LogP contribution < -0.4 is 5.32 Å². The third-order valence-electron chi connectivity index (χ3n) is 4.12. The minimum Gasteiger partial charge on any atom is -0.338 e. The van der Waals surface area contributed by atoms with Gasteiger partial charge in [0.1, 0.15) is 0 Å². The minimum atomic E-state index is -0.610. The number of hydrogen-bond donors (Lipinski definition) is 1. The van der Waals surface area contributed by atoms with Gasteiger partial charge in [-0.05, 0) is 37.4 Å². The number of rotatable bonds is 1. The second-order valence-corrected chi connectivity index (χ2v) is 5.66. The maximum atomic E-state index is 13.9. The summed E-state index contributed by atoms with van der Waals surface area (Å²) in [5.74, 6) is -0.355. The van der Waals surface area contributed by atoms with Crippen LogP contribution in [-0.4, -0.2) is 36.5 Å². The van der Waals surface area contributed by atoms with E-state index < -0.39 is 5.82 Å². The molecule has 0 radical (unpaired) electrons. The molecule has 2 saturated heterocycles. The normalized spacial score (nSPS) is 25.0. The van der Waals surface area contributed by atoms with E-state index in [0.717, 1.165) is 19.4 Å². The molecule has 1 N–H and O–H groups in total. The number of halogens is 3. The lowest BCUT2D eigenvalue weighted by Crippen LogP contribution is -2.47. The van der Waals surface area contributed by atoms with Crippen LogP contribution in [0.2, 0.25) is 5.02 Å². The van der Waals surface area contributed by atoms with Crippen LogP contribution in [0.3, 0.4) is 0 Å². The SMILES string of the molecule is Cl.O=C(c1cccc(Cl)c1F)N1CCC2NCCC2C1. The first-order valence-corrected chi connectivity index (χ1v) is 7.01. The molecule has 1 aromatic rings. The fourth-order valence-electron chi connectivity index (χ4n) is 3.07. The fourth-order valence-corrected chi connectivity index (χ4v) is 3.25. The van der Waals surface area contributed by atoms with Crippen molar-refractivity contribution < 1.29 is 9.18 Å². The van der Waals surface area contributed by atoms with Crippen LogP contribution >= 0.6 is 24.0 Å². The van der Waals surface area contributed by atoms with Crippen molar-refractivity contribution in [3.63, 3.8) is 0 Å². The number of nitrogens with one attached hydrogen (secondary N) is 1. The summed E-state index contributed by atoms with van der Waals surface area (Å²) in [4.78, 5) is 14.1. The van der Waals surface area contributed by atoms with Gasteiger partial charge in [-0.2, -0.15) is 0 Å². The Kier molecular flexibility index (Phi) is 4.89. The summed E-state index contributed by atoms with van der Waals surface area (Å²) in [5, 5.41) is 3.45. The Morgan fingerprint density at radius 1 is 1.40 bits per heavy atom. The summed E-state index contributed by atoms with van der Waals surface area (Å²) >= 11 is 5.73. The monoisotopic (exact) mass is 318 g/mol. The molecule has 0 saturated carbocycles. The van der Waals surface area contributed by atoms with Gasteiger partial charge in [0.05, 0.1) is 10.6 Å². The van der Waals surface area contributed by atoms with Crippen LogP contribution in [0.15, 0.2) is 18.2 Å². The molecule has 3 rings (SSSR count). The van der Waals surface area contributed by atoms with E-state index >= 15 is 0 Å². The zero-order valence-corrected chi connectivity index (χ0v) is 12.5. The van der Waals surface area contributed by atoms with Crippen molar-refractivity contribution in [3.05, 3.63) is 34.6 Å². The van der Waals surface area contributed by atoms with Gasteiger partial charge in [0.15, 0.2) is 5.82 Å². The number of amides is 1. The predicted molar refractivity (Wildman–Crippen MR) is 79.1 cm³/mol. The van der Waals surface area contributed by atoms with E-state index in [9.17, 15) is 9.18 Å². The highest BCUT2D eigenvalue weighted by Gasteiger charge is 2.35. The summed E-state index contributed by atoms with van der Waals surface area (Å²) < 4.78 is 13.9. The molecule has 2 unspecified atom stereocenters. The second kappa shape index (κ2) is 6.29. The molecule has 3 nitrogen and oxygen atoms in total. The van der Waals surface area contributed by atoms with Crippen LogP contribution in [0.5, 0.6) is 0 Å². The average molecular weight is 319 g/mol. The van der Waals surface area contributed by atoms with Gasteiger partial charge in [0.25, 0.3) is 5.91 Å². The quantitative estimate of drug-likeness (QED) is 0.863. The smallest absolute Gasteiger partial charge is 0.256 e. The van der Waals surface area contributed by atoms with E-state index in [1.165, 1.54) is 12.1 Å². The second-order valence-electron chi connectivity index (χ2n) is 5.25. The highest BCUT2D eigenvalue weighted by molar-refractivity contribution is 6.31. The molecule has 0 aliphatic carbocycles. The summed E-state index contributed by atoms with van der Waals surface area (Å²) in [6, 6.07) is 5.10. The van der Waals surface area contributed by atoms with Gasteiger partial charge in [-0.15, -0.1) is 12.4 Å². The van der Waals surface area contributed by atoms with Crippen molar-refractivity contribution in [2.24, 2.45) is 5.92 Å². The highest BCUT2D eigenvalue weighted by atomic mass is 35.5. The Labute approximate surface area is 128 Å². The molecule has 110 valence electrons. The van der Waals surface area contributed by atoms with Crippen LogP contribution in [0, 0.1) is 11.7 Å². The Balaban J connectivity index is 0.00000147. The van der Waals surface area contributed by atoms with Gasteiger partial charge < -0.3 is 10.2 Å². The number of carbonyl (C=O) groups excluding carboxylic acids is 1. The van der Waals surface area contributed by atoms with Crippen LogP contribution in [0.1, 0.15) is 23.2 Å². The molecular formula is C14H17Cl2FN2O. The molecule has 2 atom stereocenters. The number of carbonyl (C=O) groups is 1. The van der Waals surface area contributed by atoms with Crippen molar-refractivity contribution in [3.8, 4) is 0 Å². The zero-order valence-electron chi connectivity index (χ0n) is 10.9. The molecule has 2 aliphatic heterocycles. The molecule has 1 aromatic carbocycles. The van der Waals surface area contributed by atoms with Gasteiger partial charge in [-0.3, -0.25) is 4.79 Å². The summed E-state index contributed by atoms with van der Waals surface area (Å²) in [7, 11) is 0. The van der Waals surface area contributed by atoms with E-state index in [4.69, 9.17) is 11.6 Å². The van der Waals surface area contributed by atoms with E-state index in [-0.39, 0.29) is 28.9 Å². The van der Waals surface area contributed by atoms with Gasteiger partial charge >= 0.3 is 0 Å². The van der Waals surface area contributed by atoms with Gasteiger partial charge in [-0.25, -0.2) is 4.39 Å². The predicted octanol–water partition coefficient (Wildman–Crippen LogP) is 2.72. The maximum absolute atomic E-state index is 13.9. The molecule has 0 spiro atoms. The number of likely N-dealkylation sites (tertiary alicyclic amines) is 1. The number of piperidine rings is 1. The van der Waals surface area contributed by atoms with E-state index in [1.807, 2.05) is 0 Å². The van der Waals surface area contributed by atoms with Gasteiger partial charge in [-0.1, -0.05) is 17.7 Å². The van der Waals surface area contributed by atoms with Gasteiger partial charge in [0, 0.05) is 19.1 Å². The molecule has 0 aromatic heterocycles. The Hall–Kier alpha value is -0.840. The first-order valence-electron chi connectivity index (χ1n) is 6.63. The lowest BCUT2D eigenvalue weighted by molar-refractivity contribution is 0.0657. The molecule has 6 heteroatoms. The number of nitrogens with zero attached hydrogens (tertiary/aromatic N) is 1. The largest absolute Gasteiger partial charge is 0.338 e. The molecule has 0 bridgehead atoms. The number of fused-ring (bicyclic) bond motifs is 1. The first kappa shape index (κ1) is 15.5. The average Bonchev–Trinajstić information content (AvgIpc) is 2.88. The lowest BCUT2D eigenvalue weighted by Gasteiger charge is -2.35. The van der Waals surface area contributed by atoms with Crippen LogP contribution in [0.4, 0.5) is 4.39 Å². The number of benzene rings is 1. The van der Waals surface area contributed by atoms with Crippen LogP contribution in [-0.2, 0) is 0 Å². The summed E-state index contributed by atoms with van der Waals surface area (Å²) in [6.07, 6.45) is 2.03. The minimum absolute atomic E-state index is 0. The van der Waals surface area contributed by atoms with Crippen molar-refractivity contribution in [1.29, 1.82) is 0 Å². The van der Waals surface area contributed by atoms with Crippen molar-refractivity contribution in [2.45, 2.75) is 18.9 Å². The third kappa shape index (κ3) is 2.78.